The molecule has 0 aliphatic carbocycles. The molecular formula is C36H34N4O7S. The zero-order valence-corrected chi connectivity index (χ0v) is 27.9. The largest absolute Gasteiger partial charge is 0.493 e. The molecule has 1 amide bonds. The van der Waals surface area contributed by atoms with Crippen LogP contribution >= 0.6 is 11.8 Å². The number of thioether (sulfide) groups is 1. The van der Waals surface area contributed by atoms with Crippen molar-refractivity contribution in [3.05, 3.63) is 102 Å². The number of aromatic nitrogens is 3. The van der Waals surface area contributed by atoms with E-state index in [0.717, 1.165) is 11.3 Å². The quantitative estimate of drug-likeness (QED) is 0.0788. The number of benzene rings is 4. The number of para-hydroxylation sites is 1. The molecule has 12 heteroatoms. The number of anilines is 1. The van der Waals surface area contributed by atoms with Crippen LogP contribution in [0.3, 0.4) is 0 Å². The van der Waals surface area contributed by atoms with E-state index in [4.69, 9.17) is 23.7 Å². The Kier molecular flexibility index (Phi) is 11.0. The second kappa shape index (κ2) is 15.7. The summed E-state index contributed by atoms with van der Waals surface area (Å²) < 4.78 is 28.9. The molecule has 0 spiro atoms. The van der Waals surface area contributed by atoms with Crippen LogP contribution in [0.1, 0.15) is 15.9 Å². The summed E-state index contributed by atoms with van der Waals surface area (Å²) >= 11 is 1.25. The third kappa shape index (κ3) is 7.61. The lowest BCUT2D eigenvalue weighted by molar-refractivity contribution is -0.113. The van der Waals surface area contributed by atoms with Gasteiger partial charge in [0.1, 0.15) is 0 Å². The molecule has 0 unspecified atom stereocenters. The number of nitrogens with zero attached hydrogens (tertiary/aromatic N) is 3. The van der Waals surface area contributed by atoms with E-state index in [2.05, 4.69) is 15.5 Å². The molecule has 0 saturated heterocycles. The average molecular weight is 667 g/mol. The molecule has 1 heterocycles. The SMILES string of the molecule is COc1ccc(-c2nnc(SCC(=O)Nc3ccc(C(=O)/C=C/c4cc(OC)c(OC)c(OC)c4)cc3)n2-c2ccccc2)cc1OC. The Hall–Kier alpha value is -5.75. The van der Waals surface area contributed by atoms with Gasteiger partial charge in [-0.3, -0.25) is 14.2 Å². The molecule has 48 heavy (non-hydrogen) atoms. The smallest absolute Gasteiger partial charge is 0.234 e. The Morgan fingerprint density at radius 3 is 2.04 bits per heavy atom. The van der Waals surface area contributed by atoms with Gasteiger partial charge in [-0.2, -0.15) is 0 Å². The summed E-state index contributed by atoms with van der Waals surface area (Å²) in [6, 6.07) is 25.4. The van der Waals surface area contributed by atoms with Crippen molar-refractivity contribution in [3.8, 4) is 45.8 Å². The maximum atomic E-state index is 13.0. The lowest BCUT2D eigenvalue weighted by Gasteiger charge is -2.12. The summed E-state index contributed by atoms with van der Waals surface area (Å²) in [7, 11) is 7.75. The van der Waals surface area contributed by atoms with Gasteiger partial charge in [-0.25, -0.2) is 0 Å². The summed E-state index contributed by atoms with van der Waals surface area (Å²) in [4.78, 5) is 25.8. The van der Waals surface area contributed by atoms with E-state index in [1.165, 1.54) is 39.2 Å². The second-order valence-corrected chi connectivity index (χ2v) is 11.1. The number of allylic oxidation sites excluding steroid dienone is 1. The van der Waals surface area contributed by atoms with Crippen molar-refractivity contribution >= 4 is 35.2 Å². The van der Waals surface area contributed by atoms with Gasteiger partial charge in [-0.15, -0.1) is 10.2 Å². The van der Waals surface area contributed by atoms with Crippen LogP contribution in [0.4, 0.5) is 5.69 Å². The van der Waals surface area contributed by atoms with E-state index in [-0.39, 0.29) is 17.4 Å². The Morgan fingerprint density at radius 2 is 1.42 bits per heavy atom. The van der Waals surface area contributed by atoms with E-state index in [0.29, 0.717) is 56.5 Å². The molecule has 0 bridgehead atoms. The molecule has 0 aliphatic heterocycles. The number of amides is 1. The highest BCUT2D eigenvalue weighted by atomic mass is 32.2. The van der Waals surface area contributed by atoms with Crippen LogP contribution in [0.2, 0.25) is 0 Å². The van der Waals surface area contributed by atoms with Crippen molar-refractivity contribution in [1.82, 2.24) is 14.8 Å². The lowest BCUT2D eigenvalue weighted by Crippen LogP contribution is -2.14. The number of methoxy groups -OCH3 is 5. The molecule has 246 valence electrons. The van der Waals surface area contributed by atoms with Crippen LogP contribution < -0.4 is 29.0 Å². The fraction of sp³-hybridized carbons (Fsp3) is 0.167. The average Bonchev–Trinajstić information content (AvgIpc) is 3.56. The van der Waals surface area contributed by atoms with Crippen LogP contribution in [0.5, 0.6) is 28.7 Å². The van der Waals surface area contributed by atoms with Gasteiger partial charge in [0.05, 0.1) is 41.3 Å². The van der Waals surface area contributed by atoms with Crippen LogP contribution in [-0.2, 0) is 4.79 Å². The maximum absolute atomic E-state index is 13.0. The van der Waals surface area contributed by atoms with E-state index >= 15 is 0 Å². The predicted octanol–water partition coefficient (Wildman–Crippen LogP) is 6.60. The molecular weight excluding hydrogens is 632 g/mol. The number of ketones is 1. The van der Waals surface area contributed by atoms with Crippen molar-refractivity contribution < 1.29 is 33.3 Å². The van der Waals surface area contributed by atoms with E-state index < -0.39 is 0 Å². The molecule has 0 atom stereocenters. The summed E-state index contributed by atoms with van der Waals surface area (Å²) in [5.41, 5.74) is 3.34. The highest BCUT2D eigenvalue weighted by Gasteiger charge is 2.19. The Morgan fingerprint density at radius 1 is 0.750 bits per heavy atom. The first-order valence-corrected chi connectivity index (χ1v) is 15.7. The fourth-order valence-corrected chi connectivity index (χ4v) is 5.60. The molecule has 0 fully saturated rings. The molecule has 5 aromatic rings. The van der Waals surface area contributed by atoms with Crippen LogP contribution in [-0.4, -0.2) is 67.8 Å². The van der Waals surface area contributed by atoms with Crippen molar-refractivity contribution in [1.29, 1.82) is 0 Å². The van der Waals surface area contributed by atoms with E-state index in [1.807, 2.05) is 53.1 Å². The molecule has 1 aromatic heterocycles. The van der Waals surface area contributed by atoms with Gasteiger partial charge >= 0.3 is 0 Å². The Bertz CT molecular complexity index is 1900. The topological polar surface area (TPSA) is 123 Å². The number of hydrogen-bond donors (Lipinski definition) is 1. The highest BCUT2D eigenvalue weighted by molar-refractivity contribution is 7.99. The van der Waals surface area contributed by atoms with Gasteiger partial charge in [-0.05, 0) is 78.4 Å². The number of hydrogen-bond acceptors (Lipinski definition) is 10. The third-order valence-corrected chi connectivity index (χ3v) is 8.12. The standard InChI is InChI=1S/C36H34N4O7S/c1-43-29-18-14-25(21-30(29)44-2)35-38-39-36(40(35)27-9-7-6-8-10-27)48-22-33(42)37-26-15-12-24(13-16-26)28(41)17-11-23-19-31(45-3)34(47-5)32(20-23)46-4/h6-21H,22H2,1-5H3,(H,37,42)/b17-11+. The van der Waals surface area contributed by atoms with Crippen LogP contribution in [0.25, 0.3) is 23.2 Å². The summed E-state index contributed by atoms with van der Waals surface area (Å²) in [6.07, 6.45) is 3.13. The van der Waals surface area contributed by atoms with Crippen LogP contribution in [0, 0.1) is 0 Å². The van der Waals surface area contributed by atoms with Crippen molar-refractivity contribution in [2.45, 2.75) is 5.16 Å². The Labute approximate surface area is 282 Å². The highest BCUT2D eigenvalue weighted by Crippen LogP contribution is 2.38. The second-order valence-electron chi connectivity index (χ2n) is 10.1. The predicted molar refractivity (Wildman–Crippen MR) is 185 cm³/mol. The fourth-order valence-electron chi connectivity index (χ4n) is 4.85. The minimum Gasteiger partial charge on any atom is -0.493 e. The zero-order chi connectivity index (χ0) is 34.0. The summed E-state index contributed by atoms with van der Waals surface area (Å²) in [5.74, 6) is 2.83. The van der Waals surface area contributed by atoms with Crippen molar-refractivity contribution in [2.75, 3.05) is 46.6 Å². The first kappa shape index (κ1) is 33.6. The number of rotatable bonds is 14. The van der Waals surface area contributed by atoms with Crippen molar-refractivity contribution in [2.24, 2.45) is 0 Å². The van der Waals surface area contributed by atoms with Gasteiger partial charge in [0.25, 0.3) is 0 Å². The van der Waals surface area contributed by atoms with E-state index in [1.54, 1.807) is 56.7 Å². The molecule has 4 aromatic carbocycles. The molecule has 5 rings (SSSR count). The first-order valence-electron chi connectivity index (χ1n) is 14.7. The van der Waals surface area contributed by atoms with Gasteiger partial charge < -0.3 is 29.0 Å². The maximum Gasteiger partial charge on any atom is 0.234 e. The first-order chi connectivity index (χ1) is 23.4. The monoisotopic (exact) mass is 666 g/mol. The van der Waals surface area contributed by atoms with Gasteiger partial charge in [0, 0.05) is 22.5 Å². The molecule has 0 saturated carbocycles. The zero-order valence-electron chi connectivity index (χ0n) is 27.1. The minimum absolute atomic E-state index is 0.0785. The number of carbonyl (C=O) groups is 2. The minimum atomic E-state index is -0.239. The summed E-state index contributed by atoms with van der Waals surface area (Å²) in [6.45, 7) is 0. The molecule has 0 aliphatic rings. The molecule has 1 N–H and O–H groups in total. The third-order valence-electron chi connectivity index (χ3n) is 7.19. The van der Waals surface area contributed by atoms with Gasteiger partial charge in [0.15, 0.2) is 39.8 Å². The number of nitrogens with one attached hydrogen (secondary N) is 1. The number of carbonyl (C=O) groups excluding carboxylic acids is 2. The molecule has 0 radical (unpaired) electrons. The Balaban J connectivity index is 1.26. The van der Waals surface area contributed by atoms with Crippen LogP contribution in [0.15, 0.2) is 96.2 Å². The van der Waals surface area contributed by atoms with Gasteiger partial charge in [-0.1, -0.05) is 36.0 Å². The number of ether oxygens (including phenoxy) is 5. The van der Waals surface area contributed by atoms with E-state index in [9.17, 15) is 9.59 Å². The van der Waals surface area contributed by atoms with Gasteiger partial charge in [0.2, 0.25) is 11.7 Å². The van der Waals surface area contributed by atoms with Crippen molar-refractivity contribution in [3.63, 3.8) is 0 Å². The molecule has 11 nitrogen and oxygen atoms in total. The lowest BCUT2D eigenvalue weighted by atomic mass is 10.1. The summed E-state index contributed by atoms with van der Waals surface area (Å²) in [5, 5.41) is 12.3. The normalized spacial score (nSPS) is 10.9.